The number of para-hydroxylation sites is 1. The molecule has 4 heteroatoms. The summed E-state index contributed by atoms with van der Waals surface area (Å²) in [5.41, 5.74) is 10.2. The van der Waals surface area contributed by atoms with E-state index >= 15 is 0 Å². The van der Waals surface area contributed by atoms with E-state index in [0.717, 1.165) is 25.2 Å². The Bertz CT molecular complexity index is 1410. The largest absolute Gasteiger partial charge is 0.354 e. The Morgan fingerprint density at radius 2 is 1.72 bits per heavy atom. The van der Waals surface area contributed by atoms with Crippen LogP contribution < -0.4 is 5.32 Å². The van der Waals surface area contributed by atoms with Crippen molar-refractivity contribution in [1.29, 1.82) is 0 Å². The monoisotopic (exact) mass is 521 g/mol. The summed E-state index contributed by atoms with van der Waals surface area (Å²) < 4.78 is 0. The first-order valence-corrected chi connectivity index (χ1v) is 14.7. The number of nitrogens with one attached hydrogen (secondary N) is 2. The van der Waals surface area contributed by atoms with Crippen molar-refractivity contribution in [2.45, 2.75) is 65.7 Å². The van der Waals surface area contributed by atoms with E-state index in [1.54, 1.807) is 0 Å². The van der Waals surface area contributed by atoms with Crippen LogP contribution in [0, 0.1) is 19.8 Å². The van der Waals surface area contributed by atoms with Crippen molar-refractivity contribution in [2.24, 2.45) is 5.92 Å². The van der Waals surface area contributed by atoms with Crippen molar-refractivity contribution in [3.8, 4) is 11.3 Å². The molecule has 1 amide bonds. The Hall–Kier alpha value is -3.37. The first-order valence-electron chi connectivity index (χ1n) is 14.7. The van der Waals surface area contributed by atoms with Gasteiger partial charge in [0.25, 0.3) is 0 Å². The zero-order chi connectivity index (χ0) is 27.4. The molecule has 3 aromatic carbocycles. The molecule has 0 bridgehead atoms. The third-order valence-electron chi connectivity index (χ3n) is 8.38. The van der Waals surface area contributed by atoms with Crippen molar-refractivity contribution in [2.75, 3.05) is 25.0 Å². The number of fused-ring (bicyclic) bond motifs is 1. The normalized spacial score (nSPS) is 14.8. The second-order valence-corrected chi connectivity index (χ2v) is 11.7. The fourth-order valence-electron chi connectivity index (χ4n) is 5.93. The van der Waals surface area contributed by atoms with Gasteiger partial charge in [0.2, 0.25) is 5.91 Å². The minimum absolute atomic E-state index is 0.00817. The van der Waals surface area contributed by atoms with Crippen molar-refractivity contribution in [1.82, 2.24) is 9.88 Å². The molecule has 0 radical (unpaired) electrons. The van der Waals surface area contributed by atoms with Crippen molar-refractivity contribution in [3.63, 3.8) is 0 Å². The molecule has 2 N–H and O–H groups in total. The molecule has 204 valence electrons. The Kier molecular flexibility index (Phi) is 8.52. The van der Waals surface area contributed by atoms with Gasteiger partial charge in [-0.15, -0.1) is 0 Å². The number of anilines is 1. The third kappa shape index (κ3) is 6.45. The van der Waals surface area contributed by atoms with Gasteiger partial charge in [0.05, 0.1) is 0 Å². The fourth-order valence-corrected chi connectivity index (χ4v) is 5.93. The second-order valence-electron chi connectivity index (χ2n) is 11.7. The lowest BCUT2D eigenvalue weighted by Crippen LogP contribution is -2.33. The average Bonchev–Trinajstić information content (AvgIpc) is 3.31. The highest BCUT2D eigenvalue weighted by Gasteiger charge is 2.21. The number of carbonyl (C=O) groups is 1. The number of benzene rings is 3. The van der Waals surface area contributed by atoms with Crippen molar-refractivity contribution in [3.05, 3.63) is 89.0 Å². The molecule has 0 saturated carbocycles. The van der Waals surface area contributed by atoms with E-state index in [0.29, 0.717) is 5.92 Å². The Labute approximate surface area is 233 Å². The molecule has 4 aromatic rings. The van der Waals surface area contributed by atoms with Gasteiger partial charge in [-0.1, -0.05) is 74.0 Å². The number of unbranched alkanes of at least 4 members (excludes halogenated alkanes) is 1. The molecule has 0 aliphatic carbocycles. The number of H-pyrrole nitrogens is 1. The van der Waals surface area contributed by atoms with Crippen LogP contribution in [0.15, 0.2) is 66.7 Å². The molecule has 0 unspecified atom stereocenters. The molecule has 1 fully saturated rings. The minimum atomic E-state index is -0.00817. The number of piperidine rings is 1. The molecule has 5 rings (SSSR count). The van der Waals surface area contributed by atoms with E-state index in [4.69, 9.17) is 0 Å². The van der Waals surface area contributed by atoms with Gasteiger partial charge in [0.1, 0.15) is 0 Å². The van der Waals surface area contributed by atoms with Gasteiger partial charge >= 0.3 is 0 Å². The van der Waals surface area contributed by atoms with Crippen molar-refractivity contribution < 1.29 is 4.79 Å². The van der Waals surface area contributed by atoms with E-state index in [9.17, 15) is 4.79 Å². The molecule has 1 saturated heterocycles. The van der Waals surface area contributed by atoms with E-state index in [1.165, 1.54) is 76.6 Å². The maximum absolute atomic E-state index is 12.1. The highest BCUT2D eigenvalue weighted by Crippen LogP contribution is 2.34. The molecule has 1 aliphatic rings. The van der Waals surface area contributed by atoms with E-state index in [1.807, 2.05) is 19.9 Å². The molecular weight excluding hydrogens is 478 g/mol. The topological polar surface area (TPSA) is 48.1 Å². The first kappa shape index (κ1) is 27.2. The Morgan fingerprint density at radius 3 is 2.46 bits per heavy atom. The molecular formula is C35H43N3O. The smallest absolute Gasteiger partial charge is 0.226 e. The van der Waals surface area contributed by atoms with Gasteiger partial charge in [-0.25, -0.2) is 0 Å². The summed E-state index contributed by atoms with van der Waals surface area (Å²) in [5.74, 6) is 0.644. The lowest BCUT2D eigenvalue weighted by atomic mass is 9.89. The third-order valence-corrected chi connectivity index (χ3v) is 8.38. The maximum Gasteiger partial charge on any atom is 0.226 e. The quantitative estimate of drug-likeness (QED) is 0.218. The van der Waals surface area contributed by atoms with Crippen LogP contribution in [-0.4, -0.2) is 35.4 Å². The highest BCUT2D eigenvalue weighted by molar-refractivity contribution is 5.93. The zero-order valence-electron chi connectivity index (χ0n) is 24.0. The van der Waals surface area contributed by atoms with Crippen LogP contribution in [0.1, 0.15) is 67.7 Å². The zero-order valence-corrected chi connectivity index (χ0v) is 24.0. The molecule has 0 spiro atoms. The second kappa shape index (κ2) is 12.2. The summed E-state index contributed by atoms with van der Waals surface area (Å²) in [5, 5.41) is 4.43. The van der Waals surface area contributed by atoms with Gasteiger partial charge in [-0.3, -0.25) is 4.79 Å². The number of carbonyl (C=O) groups excluding carboxylic acids is 1. The number of hydrogen-bond donors (Lipinski definition) is 2. The van der Waals surface area contributed by atoms with Crippen LogP contribution in [0.3, 0.4) is 0 Å². The average molecular weight is 522 g/mol. The summed E-state index contributed by atoms with van der Waals surface area (Å²) in [7, 11) is 0. The summed E-state index contributed by atoms with van der Waals surface area (Å²) >= 11 is 0. The predicted molar refractivity (Wildman–Crippen MR) is 164 cm³/mol. The number of likely N-dealkylation sites (tertiary alicyclic amines) is 1. The molecule has 39 heavy (non-hydrogen) atoms. The number of hydrogen-bond acceptors (Lipinski definition) is 2. The SMILES string of the molecule is Cc1ccc(-c2[nH]c3c(C)cccc3c2CCCCN2CCC(c3cccc(NC(=O)C(C)C)c3)CC2)cc1. The van der Waals surface area contributed by atoms with Crippen LogP contribution in [0.5, 0.6) is 0 Å². The lowest BCUT2D eigenvalue weighted by molar-refractivity contribution is -0.118. The highest BCUT2D eigenvalue weighted by atomic mass is 16.1. The first-order chi connectivity index (χ1) is 18.9. The molecule has 0 atom stereocenters. The van der Waals surface area contributed by atoms with Gasteiger partial charge in [-0.2, -0.15) is 0 Å². The number of nitrogens with zero attached hydrogens (tertiary/aromatic N) is 1. The number of aromatic nitrogens is 1. The summed E-state index contributed by atoms with van der Waals surface area (Å²) in [6.07, 6.45) is 5.87. The Morgan fingerprint density at radius 1 is 0.974 bits per heavy atom. The Balaban J connectivity index is 1.16. The van der Waals surface area contributed by atoms with Crippen molar-refractivity contribution >= 4 is 22.5 Å². The standard InChI is InChI=1S/C35H43N3O/c1-24(2)35(39)36-30-11-8-10-29(23-30)27-18-21-38(22-19-27)20-6-5-12-32-31-13-7-9-26(4)33(31)37-34(32)28-16-14-25(3)15-17-28/h7-11,13-17,23-24,27,37H,5-6,12,18-22H2,1-4H3,(H,36,39). The summed E-state index contributed by atoms with van der Waals surface area (Å²) in [4.78, 5) is 18.5. The number of amides is 1. The fraction of sp³-hybridized carbons (Fsp3) is 0.400. The summed E-state index contributed by atoms with van der Waals surface area (Å²) in [6.45, 7) is 11.7. The number of aryl methyl sites for hydroxylation is 3. The van der Waals surface area contributed by atoms with E-state index in [-0.39, 0.29) is 11.8 Å². The van der Waals surface area contributed by atoms with Crippen LogP contribution in [0.25, 0.3) is 22.2 Å². The maximum atomic E-state index is 12.1. The predicted octanol–water partition coefficient (Wildman–Crippen LogP) is 8.25. The van der Waals surface area contributed by atoms with Gasteiger partial charge in [-0.05, 0) is 106 Å². The minimum Gasteiger partial charge on any atom is -0.354 e. The molecule has 2 heterocycles. The van der Waals surface area contributed by atoms with Gasteiger partial charge in [0.15, 0.2) is 0 Å². The van der Waals surface area contributed by atoms with E-state index < -0.39 is 0 Å². The van der Waals surface area contributed by atoms with Crippen LogP contribution >= 0.6 is 0 Å². The van der Waals surface area contributed by atoms with Crippen LogP contribution in [0.4, 0.5) is 5.69 Å². The molecule has 1 aromatic heterocycles. The number of rotatable bonds is 9. The van der Waals surface area contributed by atoms with Crippen LogP contribution in [-0.2, 0) is 11.2 Å². The molecule has 1 aliphatic heterocycles. The molecule has 4 nitrogen and oxygen atoms in total. The van der Waals surface area contributed by atoms with Crippen LogP contribution in [0.2, 0.25) is 0 Å². The van der Waals surface area contributed by atoms with E-state index in [2.05, 4.69) is 89.7 Å². The lowest BCUT2D eigenvalue weighted by Gasteiger charge is -2.32. The summed E-state index contributed by atoms with van der Waals surface area (Å²) in [6, 6.07) is 24.0. The van der Waals surface area contributed by atoms with Gasteiger partial charge in [0, 0.05) is 28.2 Å². The number of aromatic amines is 1. The van der Waals surface area contributed by atoms with Gasteiger partial charge < -0.3 is 15.2 Å².